The van der Waals surface area contributed by atoms with Gasteiger partial charge in [-0.25, -0.2) is 9.59 Å². The van der Waals surface area contributed by atoms with Crippen molar-refractivity contribution in [3.05, 3.63) is 59.7 Å². The zero-order valence-electron chi connectivity index (χ0n) is 17.6. The summed E-state index contributed by atoms with van der Waals surface area (Å²) in [6, 6.07) is 15.2. The van der Waals surface area contributed by atoms with Gasteiger partial charge >= 0.3 is 12.1 Å². The molecule has 2 aliphatic rings. The van der Waals surface area contributed by atoms with Crippen LogP contribution in [-0.2, 0) is 14.3 Å². The first-order chi connectivity index (χ1) is 15.5. The van der Waals surface area contributed by atoms with Gasteiger partial charge in [0, 0.05) is 19.0 Å². The third kappa shape index (κ3) is 4.45. The molecule has 2 atom stereocenters. The summed E-state index contributed by atoms with van der Waals surface area (Å²) in [4.78, 5) is 37.0. The number of rotatable bonds is 7. The Morgan fingerprint density at radius 2 is 1.69 bits per heavy atom. The highest BCUT2D eigenvalue weighted by Crippen LogP contribution is 2.44. The van der Waals surface area contributed by atoms with Gasteiger partial charge < -0.3 is 25.2 Å². The lowest BCUT2D eigenvalue weighted by atomic mass is 9.98. The highest BCUT2D eigenvalue weighted by Gasteiger charge is 2.34. The third-order valence-electron chi connectivity index (χ3n) is 6.09. The van der Waals surface area contributed by atoms with Crippen LogP contribution < -0.4 is 5.32 Å². The molecule has 0 spiro atoms. The number of hydrogen-bond donors (Lipinski definition) is 3. The molecule has 32 heavy (non-hydrogen) atoms. The fourth-order valence-electron chi connectivity index (χ4n) is 4.56. The summed E-state index contributed by atoms with van der Waals surface area (Å²) in [6.07, 6.45) is -1.03. The van der Waals surface area contributed by atoms with Crippen LogP contribution in [0.3, 0.4) is 0 Å². The average molecular weight is 438 g/mol. The van der Waals surface area contributed by atoms with Crippen molar-refractivity contribution in [2.75, 3.05) is 19.7 Å². The molecule has 1 heterocycles. The molecular formula is C24H26N2O6. The van der Waals surface area contributed by atoms with E-state index in [0.717, 1.165) is 22.3 Å². The van der Waals surface area contributed by atoms with Gasteiger partial charge in [0.1, 0.15) is 12.6 Å². The summed E-state index contributed by atoms with van der Waals surface area (Å²) < 4.78 is 5.41. The third-order valence-corrected chi connectivity index (χ3v) is 6.09. The molecule has 1 fully saturated rings. The van der Waals surface area contributed by atoms with Gasteiger partial charge in [-0.15, -0.1) is 0 Å². The number of nitrogens with one attached hydrogen (secondary N) is 1. The van der Waals surface area contributed by atoms with Gasteiger partial charge in [0.2, 0.25) is 5.91 Å². The smallest absolute Gasteiger partial charge is 0.407 e. The SMILES string of the molecule is O=C(NCC(O)CC(=O)N1CCC[C@H]1C(=O)O)OCC1c2ccccc2-c2ccccc21. The number of fused-ring (bicyclic) bond motifs is 3. The summed E-state index contributed by atoms with van der Waals surface area (Å²) in [5.41, 5.74) is 4.47. The molecular weight excluding hydrogens is 412 g/mol. The molecule has 0 bridgehead atoms. The van der Waals surface area contributed by atoms with Gasteiger partial charge in [0.05, 0.1) is 12.5 Å². The normalized spacial score (nSPS) is 18.0. The van der Waals surface area contributed by atoms with E-state index in [-0.39, 0.29) is 25.5 Å². The fraction of sp³-hybridized carbons (Fsp3) is 0.375. The molecule has 168 valence electrons. The van der Waals surface area contributed by atoms with Gasteiger partial charge in [-0.05, 0) is 35.1 Å². The van der Waals surface area contributed by atoms with E-state index in [9.17, 15) is 24.6 Å². The summed E-state index contributed by atoms with van der Waals surface area (Å²) in [5.74, 6) is -1.54. The summed E-state index contributed by atoms with van der Waals surface area (Å²) in [5, 5.41) is 21.8. The summed E-state index contributed by atoms with van der Waals surface area (Å²) >= 11 is 0. The second-order valence-electron chi connectivity index (χ2n) is 8.15. The maximum absolute atomic E-state index is 12.3. The summed E-state index contributed by atoms with van der Waals surface area (Å²) in [6.45, 7) is 0.360. The van der Waals surface area contributed by atoms with Crippen molar-refractivity contribution < 1.29 is 29.3 Å². The molecule has 2 aromatic carbocycles. The van der Waals surface area contributed by atoms with E-state index in [1.54, 1.807) is 0 Å². The Kier molecular flexibility index (Phi) is 6.41. The number of carboxylic acid groups (broad SMARTS) is 1. The van der Waals surface area contributed by atoms with E-state index in [2.05, 4.69) is 17.4 Å². The maximum Gasteiger partial charge on any atom is 0.407 e. The minimum Gasteiger partial charge on any atom is -0.480 e. The van der Waals surface area contributed by atoms with Crippen molar-refractivity contribution in [1.82, 2.24) is 10.2 Å². The number of aliphatic carboxylic acids is 1. The molecule has 8 heteroatoms. The minimum atomic E-state index is -1.13. The largest absolute Gasteiger partial charge is 0.480 e. The van der Waals surface area contributed by atoms with Gasteiger partial charge in [0.15, 0.2) is 0 Å². The van der Waals surface area contributed by atoms with Crippen LogP contribution in [0, 0.1) is 0 Å². The molecule has 1 aliphatic heterocycles. The van der Waals surface area contributed by atoms with Crippen LogP contribution in [0.5, 0.6) is 0 Å². The average Bonchev–Trinajstić information content (AvgIpc) is 3.40. The Balaban J connectivity index is 1.27. The van der Waals surface area contributed by atoms with E-state index in [4.69, 9.17) is 4.74 Å². The number of carbonyl (C=O) groups excluding carboxylic acids is 2. The molecule has 8 nitrogen and oxygen atoms in total. The second kappa shape index (κ2) is 9.40. The number of alkyl carbamates (subject to hydrolysis) is 1. The number of aliphatic hydroxyl groups is 1. The second-order valence-corrected chi connectivity index (χ2v) is 8.15. The standard InChI is InChI=1S/C24H26N2O6/c27-15(12-22(28)26-11-5-10-21(26)23(29)30)13-25-24(31)32-14-20-18-8-3-1-6-16(18)17-7-2-4-9-19(17)20/h1-4,6-9,15,20-21,27H,5,10-14H2,(H,25,31)(H,29,30)/t15?,21-/m0/s1. The Bertz CT molecular complexity index is 978. The van der Waals surface area contributed by atoms with Crippen molar-refractivity contribution >= 4 is 18.0 Å². The number of amides is 2. The van der Waals surface area contributed by atoms with Crippen molar-refractivity contribution in [3.63, 3.8) is 0 Å². The van der Waals surface area contributed by atoms with Crippen LogP contribution in [0.2, 0.25) is 0 Å². The number of hydrogen-bond acceptors (Lipinski definition) is 5. The van der Waals surface area contributed by atoms with Gasteiger partial charge in [-0.3, -0.25) is 4.79 Å². The maximum atomic E-state index is 12.3. The lowest BCUT2D eigenvalue weighted by Gasteiger charge is -2.23. The first-order valence-electron chi connectivity index (χ1n) is 10.7. The van der Waals surface area contributed by atoms with Crippen molar-refractivity contribution in [1.29, 1.82) is 0 Å². The first kappa shape index (κ1) is 21.8. The quantitative estimate of drug-likeness (QED) is 0.611. The number of ether oxygens (including phenoxy) is 1. The molecule has 4 rings (SSSR count). The molecule has 3 N–H and O–H groups in total. The van der Waals surface area contributed by atoms with E-state index < -0.39 is 30.1 Å². The van der Waals surface area contributed by atoms with E-state index in [1.165, 1.54) is 4.90 Å². The number of aliphatic hydroxyl groups excluding tert-OH is 1. The molecule has 1 unspecified atom stereocenters. The van der Waals surface area contributed by atoms with Gasteiger partial charge in [0.25, 0.3) is 0 Å². The molecule has 2 amide bonds. The fourth-order valence-corrected chi connectivity index (χ4v) is 4.56. The summed E-state index contributed by atoms with van der Waals surface area (Å²) in [7, 11) is 0. The zero-order chi connectivity index (χ0) is 22.7. The van der Waals surface area contributed by atoms with Crippen LogP contribution in [-0.4, -0.2) is 64.9 Å². The Labute approximate surface area is 185 Å². The van der Waals surface area contributed by atoms with Crippen LogP contribution in [0.1, 0.15) is 36.3 Å². The van der Waals surface area contributed by atoms with Crippen LogP contribution >= 0.6 is 0 Å². The zero-order valence-corrected chi connectivity index (χ0v) is 17.6. The number of nitrogens with zero attached hydrogens (tertiary/aromatic N) is 1. The minimum absolute atomic E-state index is 0.0669. The van der Waals surface area contributed by atoms with Crippen molar-refractivity contribution in [2.45, 2.75) is 37.3 Å². The van der Waals surface area contributed by atoms with Gasteiger partial charge in [-0.2, -0.15) is 0 Å². The van der Waals surface area contributed by atoms with Crippen molar-refractivity contribution in [3.8, 4) is 11.1 Å². The molecule has 1 aliphatic carbocycles. The number of benzene rings is 2. The lowest BCUT2D eigenvalue weighted by molar-refractivity contribution is -0.149. The number of carboxylic acids is 1. The number of carbonyl (C=O) groups is 3. The van der Waals surface area contributed by atoms with E-state index in [0.29, 0.717) is 19.4 Å². The van der Waals surface area contributed by atoms with Crippen LogP contribution in [0.4, 0.5) is 4.79 Å². The molecule has 2 aromatic rings. The van der Waals surface area contributed by atoms with Crippen LogP contribution in [0.15, 0.2) is 48.5 Å². The molecule has 0 saturated carbocycles. The molecule has 1 saturated heterocycles. The lowest BCUT2D eigenvalue weighted by Crippen LogP contribution is -2.43. The monoisotopic (exact) mass is 438 g/mol. The van der Waals surface area contributed by atoms with Crippen molar-refractivity contribution in [2.24, 2.45) is 0 Å². The van der Waals surface area contributed by atoms with E-state index in [1.807, 2.05) is 36.4 Å². The predicted molar refractivity (Wildman–Crippen MR) is 116 cm³/mol. The highest BCUT2D eigenvalue weighted by atomic mass is 16.5. The van der Waals surface area contributed by atoms with E-state index >= 15 is 0 Å². The van der Waals surface area contributed by atoms with Gasteiger partial charge in [-0.1, -0.05) is 48.5 Å². The Hall–Kier alpha value is -3.39. The highest BCUT2D eigenvalue weighted by molar-refractivity contribution is 5.84. The topological polar surface area (TPSA) is 116 Å². The number of likely N-dealkylation sites (tertiary alicyclic amines) is 1. The Morgan fingerprint density at radius 1 is 1.06 bits per heavy atom. The first-order valence-corrected chi connectivity index (χ1v) is 10.7. The Morgan fingerprint density at radius 3 is 2.31 bits per heavy atom. The predicted octanol–water partition coefficient (Wildman–Crippen LogP) is 2.35. The molecule has 0 aromatic heterocycles. The molecule has 0 radical (unpaired) electrons. The van der Waals surface area contributed by atoms with Crippen LogP contribution in [0.25, 0.3) is 11.1 Å².